The maximum atomic E-state index is 11.0. The quantitative estimate of drug-likeness (QED) is 0.689. The van der Waals surface area contributed by atoms with Crippen molar-refractivity contribution in [3.05, 3.63) is 0 Å². The van der Waals surface area contributed by atoms with Crippen LogP contribution in [0.15, 0.2) is 0 Å². The Bertz CT molecular complexity index is 304. The second kappa shape index (κ2) is 6.67. The smallest absolute Gasteiger partial charge is 0.303 e. The van der Waals surface area contributed by atoms with Gasteiger partial charge in [-0.05, 0) is 0 Å². The van der Waals surface area contributed by atoms with Gasteiger partial charge in [-0.25, -0.2) is 0 Å². The second-order valence-corrected chi connectivity index (χ2v) is 3.98. The predicted molar refractivity (Wildman–Crippen MR) is 58.5 cm³/mol. The molecule has 0 radical (unpaired) electrons. The van der Waals surface area contributed by atoms with Crippen molar-refractivity contribution < 1.29 is 33.6 Å². The Morgan fingerprint density at radius 1 is 1.28 bits per heavy atom. The maximum Gasteiger partial charge on any atom is 0.303 e. The first-order valence-electron chi connectivity index (χ1n) is 5.61. The molecule has 0 aromatic rings. The molecule has 0 saturated carbocycles. The van der Waals surface area contributed by atoms with Gasteiger partial charge >= 0.3 is 11.9 Å². The Labute approximate surface area is 105 Å². The van der Waals surface area contributed by atoms with Gasteiger partial charge < -0.3 is 24.1 Å². The highest BCUT2D eigenvalue weighted by Crippen LogP contribution is 2.25. The van der Waals surface area contributed by atoms with Gasteiger partial charge in [0.2, 0.25) is 0 Å². The molecule has 7 nitrogen and oxygen atoms in total. The molecule has 18 heavy (non-hydrogen) atoms. The van der Waals surface area contributed by atoms with E-state index in [0.717, 1.165) is 0 Å². The van der Waals surface area contributed by atoms with Gasteiger partial charge in [0.1, 0.15) is 12.2 Å². The average Bonchev–Trinajstić information content (AvgIpc) is 2.29. The molecule has 104 valence electrons. The molecule has 0 aromatic heterocycles. The van der Waals surface area contributed by atoms with E-state index in [1.807, 2.05) is 0 Å². The summed E-state index contributed by atoms with van der Waals surface area (Å²) < 4.78 is 20.5. The Hall–Kier alpha value is -1.18. The van der Waals surface area contributed by atoms with Gasteiger partial charge in [0.05, 0.1) is 6.61 Å². The van der Waals surface area contributed by atoms with Gasteiger partial charge in [-0.3, -0.25) is 9.59 Å². The highest BCUT2D eigenvalue weighted by atomic mass is 16.7. The number of rotatable bonds is 4. The molecular formula is C11H18O7. The number of hydrogen-bond donors (Lipinski definition) is 1. The van der Waals surface area contributed by atoms with Gasteiger partial charge in [-0.2, -0.15) is 0 Å². The molecule has 0 amide bonds. The molecule has 4 atom stereocenters. The molecule has 1 fully saturated rings. The van der Waals surface area contributed by atoms with E-state index in [0.29, 0.717) is 0 Å². The molecular weight excluding hydrogens is 244 g/mol. The molecule has 1 N–H and O–H groups in total. The number of carbonyl (C=O) groups excluding carboxylic acids is 2. The van der Waals surface area contributed by atoms with Crippen LogP contribution < -0.4 is 0 Å². The molecule has 1 rings (SSSR count). The predicted octanol–water partition coefficient (Wildman–Crippen LogP) is -0.397. The van der Waals surface area contributed by atoms with Crippen molar-refractivity contribution in [1.82, 2.24) is 0 Å². The summed E-state index contributed by atoms with van der Waals surface area (Å²) in [5, 5.41) is 9.23. The van der Waals surface area contributed by atoms with Crippen molar-refractivity contribution in [2.45, 2.75) is 44.9 Å². The number of esters is 2. The topological polar surface area (TPSA) is 91.3 Å². The van der Waals surface area contributed by atoms with E-state index in [4.69, 9.17) is 18.9 Å². The van der Waals surface area contributed by atoms with Crippen LogP contribution in [0, 0.1) is 0 Å². The molecule has 1 heterocycles. The molecule has 1 aliphatic heterocycles. The van der Waals surface area contributed by atoms with Crippen molar-refractivity contribution in [3.63, 3.8) is 0 Å². The third kappa shape index (κ3) is 3.94. The molecule has 0 spiro atoms. The Balaban J connectivity index is 2.82. The van der Waals surface area contributed by atoms with E-state index in [9.17, 15) is 14.7 Å². The molecule has 0 bridgehead atoms. The zero-order valence-corrected chi connectivity index (χ0v) is 10.6. The Morgan fingerprint density at radius 3 is 2.33 bits per heavy atom. The van der Waals surface area contributed by atoms with Crippen LogP contribution in [0.1, 0.15) is 20.3 Å². The van der Waals surface area contributed by atoms with Crippen LogP contribution in [0.2, 0.25) is 0 Å². The van der Waals surface area contributed by atoms with E-state index in [1.165, 1.54) is 21.0 Å². The highest BCUT2D eigenvalue weighted by Gasteiger charge is 2.42. The van der Waals surface area contributed by atoms with Gasteiger partial charge in [-0.1, -0.05) is 0 Å². The zero-order chi connectivity index (χ0) is 13.7. The summed E-state index contributed by atoms with van der Waals surface area (Å²) >= 11 is 0. The number of aliphatic hydroxyl groups excluding tert-OH is 1. The largest absolute Gasteiger partial charge is 0.458 e. The van der Waals surface area contributed by atoms with Crippen molar-refractivity contribution >= 4 is 11.9 Å². The van der Waals surface area contributed by atoms with Crippen LogP contribution in [-0.4, -0.2) is 55.4 Å². The van der Waals surface area contributed by atoms with Crippen molar-refractivity contribution in [3.8, 4) is 0 Å². The van der Waals surface area contributed by atoms with Crippen molar-refractivity contribution in [2.75, 3.05) is 13.7 Å². The Morgan fingerprint density at radius 2 is 1.89 bits per heavy atom. The third-order valence-corrected chi connectivity index (χ3v) is 2.55. The van der Waals surface area contributed by atoms with Crippen molar-refractivity contribution in [1.29, 1.82) is 0 Å². The summed E-state index contributed by atoms with van der Waals surface area (Å²) in [6.07, 6.45) is -2.68. The normalized spacial score (nSPS) is 31.8. The fraction of sp³-hybridized carbons (Fsp3) is 0.818. The van der Waals surface area contributed by atoms with E-state index >= 15 is 0 Å². The average molecular weight is 262 g/mol. The lowest BCUT2D eigenvalue weighted by atomic mass is 10.0. The molecule has 0 aliphatic carbocycles. The number of hydrogen-bond acceptors (Lipinski definition) is 7. The lowest BCUT2D eigenvalue weighted by Gasteiger charge is -2.39. The Kier molecular flexibility index (Phi) is 5.52. The molecule has 1 aliphatic rings. The SMILES string of the molecule is CO[C@@H]1C[C@H](OC(C)=O)[C@H](OC(C)=O)[C@H](CO)O1. The lowest BCUT2D eigenvalue weighted by molar-refractivity contribution is -0.258. The van der Waals surface area contributed by atoms with E-state index in [1.54, 1.807) is 0 Å². The van der Waals surface area contributed by atoms with Crippen LogP contribution >= 0.6 is 0 Å². The highest BCUT2D eigenvalue weighted by molar-refractivity contribution is 5.67. The monoisotopic (exact) mass is 262 g/mol. The van der Waals surface area contributed by atoms with Gasteiger partial charge in [0.15, 0.2) is 12.4 Å². The molecule has 7 heteroatoms. The number of ether oxygens (including phenoxy) is 4. The summed E-state index contributed by atoms with van der Waals surface area (Å²) in [6.45, 7) is 2.13. The summed E-state index contributed by atoms with van der Waals surface area (Å²) in [7, 11) is 1.44. The fourth-order valence-corrected chi connectivity index (χ4v) is 1.86. The first-order chi connectivity index (χ1) is 8.47. The number of carbonyl (C=O) groups is 2. The standard InChI is InChI=1S/C11H18O7/c1-6(13)16-8-4-10(15-3)18-9(5-12)11(8)17-7(2)14/h8-12H,4-5H2,1-3H3/t8-,9-,10-,11-/m0/s1. The second-order valence-electron chi connectivity index (χ2n) is 3.98. The maximum absolute atomic E-state index is 11.0. The van der Waals surface area contributed by atoms with Gasteiger partial charge in [0.25, 0.3) is 0 Å². The van der Waals surface area contributed by atoms with Gasteiger partial charge in [0, 0.05) is 27.4 Å². The summed E-state index contributed by atoms with van der Waals surface area (Å²) in [5.74, 6) is -1.03. The van der Waals surface area contributed by atoms with Gasteiger partial charge in [-0.15, -0.1) is 0 Å². The summed E-state index contributed by atoms with van der Waals surface area (Å²) in [6, 6.07) is 0. The number of aliphatic hydroxyl groups is 1. The minimum absolute atomic E-state index is 0.241. The third-order valence-electron chi connectivity index (χ3n) is 2.55. The van der Waals surface area contributed by atoms with Crippen LogP contribution in [-0.2, 0) is 28.5 Å². The van der Waals surface area contributed by atoms with Crippen LogP contribution in [0.5, 0.6) is 0 Å². The van der Waals surface area contributed by atoms with Crippen LogP contribution in [0.4, 0.5) is 0 Å². The van der Waals surface area contributed by atoms with Crippen LogP contribution in [0.3, 0.4) is 0 Å². The minimum Gasteiger partial charge on any atom is -0.458 e. The van der Waals surface area contributed by atoms with E-state index in [2.05, 4.69) is 0 Å². The fourth-order valence-electron chi connectivity index (χ4n) is 1.86. The number of methoxy groups -OCH3 is 1. The molecule has 0 aromatic carbocycles. The van der Waals surface area contributed by atoms with E-state index in [-0.39, 0.29) is 13.0 Å². The lowest BCUT2D eigenvalue weighted by Crippen LogP contribution is -2.53. The van der Waals surface area contributed by atoms with Crippen LogP contribution in [0.25, 0.3) is 0 Å². The summed E-state index contributed by atoms with van der Waals surface area (Å²) in [5.41, 5.74) is 0. The summed E-state index contributed by atoms with van der Waals surface area (Å²) in [4.78, 5) is 22.1. The minimum atomic E-state index is -0.831. The molecule has 0 unspecified atom stereocenters. The van der Waals surface area contributed by atoms with Crippen molar-refractivity contribution in [2.24, 2.45) is 0 Å². The first kappa shape index (κ1) is 14.9. The first-order valence-corrected chi connectivity index (χ1v) is 5.61. The zero-order valence-electron chi connectivity index (χ0n) is 10.6. The molecule has 1 saturated heterocycles. The van der Waals surface area contributed by atoms with E-state index < -0.39 is 36.5 Å².